The minimum Gasteiger partial charge on any atom is -0.459 e. The van der Waals surface area contributed by atoms with E-state index in [0.717, 1.165) is 11.1 Å². The van der Waals surface area contributed by atoms with E-state index in [9.17, 15) is 4.79 Å². The highest BCUT2D eigenvalue weighted by Gasteiger charge is 2.34. The minimum absolute atomic E-state index is 0.0198. The number of ether oxygens (including phenoxy) is 2. The Labute approximate surface area is 150 Å². The molecule has 0 aromatic heterocycles. The molecule has 1 aromatic rings. The first-order chi connectivity index (χ1) is 11.7. The average molecular weight is 347 g/mol. The van der Waals surface area contributed by atoms with Crippen molar-refractivity contribution >= 4 is 5.91 Å². The number of nitrogens with zero attached hydrogens (tertiary/aromatic N) is 1. The first-order valence-corrected chi connectivity index (χ1v) is 8.61. The molecule has 0 saturated heterocycles. The first kappa shape index (κ1) is 19.5. The summed E-state index contributed by atoms with van der Waals surface area (Å²) in [4.78, 5) is 13.8. The van der Waals surface area contributed by atoms with Gasteiger partial charge >= 0.3 is 0 Å². The van der Waals surface area contributed by atoms with Gasteiger partial charge in [-0.2, -0.15) is 0 Å². The zero-order valence-corrected chi connectivity index (χ0v) is 15.8. The topological polar surface area (TPSA) is 59.0 Å². The van der Waals surface area contributed by atoms with Crippen molar-refractivity contribution in [2.24, 2.45) is 11.3 Å². The molecule has 2 atom stereocenters. The van der Waals surface area contributed by atoms with Gasteiger partial charge in [-0.25, -0.2) is 0 Å². The quantitative estimate of drug-likeness (QED) is 0.889. The van der Waals surface area contributed by atoms with Crippen LogP contribution in [0.5, 0.6) is 0 Å². The third-order valence-electron chi connectivity index (χ3n) is 4.43. The Morgan fingerprint density at radius 2 is 1.84 bits per heavy atom. The zero-order chi connectivity index (χ0) is 18.6. The van der Waals surface area contributed by atoms with Gasteiger partial charge in [-0.1, -0.05) is 45.0 Å². The Kier molecular flexibility index (Phi) is 6.25. The zero-order valence-electron chi connectivity index (χ0n) is 15.8. The fourth-order valence-corrected chi connectivity index (χ4v) is 2.66. The van der Waals surface area contributed by atoms with Crippen LogP contribution in [0, 0.1) is 11.3 Å². The number of hydrogen-bond acceptors (Lipinski definition) is 4. The van der Waals surface area contributed by atoms with E-state index < -0.39 is 6.29 Å². The van der Waals surface area contributed by atoms with Crippen molar-refractivity contribution in [2.75, 3.05) is 14.1 Å². The van der Waals surface area contributed by atoms with Crippen molar-refractivity contribution in [3.05, 3.63) is 47.2 Å². The predicted octanol–water partition coefficient (Wildman–Crippen LogP) is 3.08. The summed E-state index contributed by atoms with van der Waals surface area (Å²) in [6.45, 7) is 6.89. The molecule has 1 aliphatic rings. The van der Waals surface area contributed by atoms with Gasteiger partial charge in [0, 0.05) is 20.5 Å². The molecule has 25 heavy (non-hydrogen) atoms. The lowest BCUT2D eigenvalue weighted by molar-refractivity contribution is -0.160. The maximum atomic E-state index is 12.3. The second-order valence-corrected chi connectivity index (χ2v) is 7.77. The SMILES string of the molecule is CN(C)C(=O)C1=C[C@H](C(C)(C)C)C[C@H](OCc2ccc(CO)cc2)O1. The summed E-state index contributed by atoms with van der Waals surface area (Å²) in [5.74, 6) is 0.411. The van der Waals surface area contributed by atoms with Crippen molar-refractivity contribution in [3.63, 3.8) is 0 Å². The molecule has 1 aliphatic heterocycles. The van der Waals surface area contributed by atoms with Crippen molar-refractivity contribution < 1.29 is 19.4 Å². The minimum atomic E-state index is -0.453. The van der Waals surface area contributed by atoms with E-state index >= 15 is 0 Å². The first-order valence-electron chi connectivity index (χ1n) is 8.61. The molecular formula is C20H29NO4. The molecule has 0 fully saturated rings. The highest BCUT2D eigenvalue weighted by molar-refractivity contribution is 5.91. The van der Waals surface area contributed by atoms with E-state index in [-0.39, 0.29) is 23.8 Å². The number of hydrogen-bond donors (Lipinski definition) is 1. The summed E-state index contributed by atoms with van der Waals surface area (Å²) in [6.07, 6.45) is 2.19. The fourth-order valence-electron chi connectivity index (χ4n) is 2.66. The molecule has 0 saturated carbocycles. The third kappa shape index (κ3) is 5.31. The Bertz CT molecular complexity index is 614. The second-order valence-electron chi connectivity index (χ2n) is 7.77. The van der Waals surface area contributed by atoms with E-state index in [1.165, 1.54) is 4.90 Å². The number of rotatable bonds is 5. The molecule has 0 unspecified atom stereocenters. The predicted molar refractivity (Wildman–Crippen MR) is 96.4 cm³/mol. The Morgan fingerprint density at radius 3 is 2.36 bits per heavy atom. The second kappa shape index (κ2) is 8.02. The van der Waals surface area contributed by atoms with Gasteiger partial charge in [-0.15, -0.1) is 0 Å². The van der Waals surface area contributed by atoms with Crippen LogP contribution in [-0.4, -0.2) is 36.3 Å². The molecule has 0 radical (unpaired) electrons. The molecule has 138 valence electrons. The molecule has 1 heterocycles. The lowest BCUT2D eigenvalue weighted by Crippen LogP contribution is -2.36. The highest BCUT2D eigenvalue weighted by Crippen LogP contribution is 2.36. The van der Waals surface area contributed by atoms with Gasteiger partial charge in [-0.05, 0) is 28.5 Å². The summed E-state index contributed by atoms with van der Waals surface area (Å²) in [7, 11) is 3.43. The van der Waals surface area contributed by atoms with Gasteiger partial charge in [0.2, 0.25) is 6.29 Å². The molecule has 0 aliphatic carbocycles. The highest BCUT2D eigenvalue weighted by atomic mass is 16.7. The molecule has 2 rings (SSSR count). The summed E-state index contributed by atoms with van der Waals surface area (Å²) >= 11 is 0. The van der Waals surface area contributed by atoms with Crippen LogP contribution in [-0.2, 0) is 27.5 Å². The largest absolute Gasteiger partial charge is 0.459 e. The summed E-state index contributed by atoms with van der Waals surface area (Å²) < 4.78 is 11.7. The summed E-state index contributed by atoms with van der Waals surface area (Å²) in [5, 5.41) is 9.10. The molecule has 5 heteroatoms. The van der Waals surface area contributed by atoms with E-state index in [4.69, 9.17) is 14.6 Å². The molecular weight excluding hydrogens is 318 g/mol. The fraction of sp³-hybridized carbons (Fsp3) is 0.550. The number of amides is 1. The van der Waals surface area contributed by atoms with Crippen molar-refractivity contribution in [3.8, 4) is 0 Å². The monoisotopic (exact) mass is 347 g/mol. The van der Waals surface area contributed by atoms with Gasteiger partial charge < -0.3 is 19.5 Å². The van der Waals surface area contributed by atoms with E-state index in [0.29, 0.717) is 18.8 Å². The van der Waals surface area contributed by atoms with Crippen LogP contribution >= 0.6 is 0 Å². The van der Waals surface area contributed by atoms with Crippen molar-refractivity contribution in [2.45, 2.75) is 46.7 Å². The van der Waals surface area contributed by atoms with Gasteiger partial charge in [0.15, 0.2) is 5.76 Å². The third-order valence-corrected chi connectivity index (χ3v) is 4.43. The normalized spacial score (nSPS) is 20.6. The maximum Gasteiger partial charge on any atom is 0.288 e. The van der Waals surface area contributed by atoms with Crippen molar-refractivity contribution in [1.29, 1.82) is 0 Å². The van der Waals surface area contributed by atoms with E-state index in [1.807, 2.05) is 30.3 Å². The van der Waals surface area contributed by atoms with Crippen LogP contribution in [0.4, 0.5) is 0 Å². The summed E-state index contributed by atoms with van der Waals surface area (Å²) in [6, 6.07) is 7.60. The van der Waals surface area contributed by atoms with Gasteiger partial charge in [-0.3, -0.25) is 4.79 Å². The number of aliphatic hydroxyl groups is 1. The number of allylic oxidation sites excluding steroid dienone is 1. The summed E-state index contributed by atoms with van der Waals surface area (Å²) in [5.41, 5.74) is 1.89. The van der Waals surface area contributed by atoms with Gasteiger partial charge in [0.25, 0.3) is 5.91 Å². The van der Waals surface area contributed by atoms with Gasteiger partial charge in [0.05, 0.1) is 13.2 Å². The van der Waals surface area contributed by atoms with Crippen LogP contribution in [0.3, 0.4) is 0 Å². The van der Waals surface area contributed by atoms with Crippen LogP contribution in [0.25, 0.3) is 0 Å². The van der Waals surface area contributed by atoms with Crippen LogP contribution < -0.4 is 0 Å². The number of benzene rings is 1. The van der Waals surface area contributed by atoms with Crippen LogP contribution in [0.2, 0.25) is 0 Å². The molecule has 1 aromatic carbocycles. The number of carbonyl (C=O) groups is 1. The number of likely N-dealkylation sites (N-methyl/N-ethyl adjacent to an activating group) is 1. The molecule has 1 amide bonds. The van der Waals surface area contributed by atoms with Crippen molar-refractivity contribution in [1.82, 2.24) is 4.90 Å². The Balaban J connectivity index is 2.07. The van der Waals surface area contributed by atoms with Crippen LogP contribution in [0.1, 0.15) is 38.3 Å². The Morgan fingerprint density at radius 1 is 1.24 bits per heavy atom. The standard InChI is InChI=1S/C20H29NO4/c1-20(2,3)16-10-17(19(23)21(4)5)25-18(11-16)24-13-15-8-6-14(12-22)7-9-15/h6-10,16,18,22H,11-13H2,1-5H3/t16-,18+/m0/s1. The number of carbonyl (C=O) groups excluding carboxylic acids is 1. The average Bonchev–Trinajstić information content (AvgIpc) is 2.58. The molecule has 5 nitrogen and oxygen atoms in total. The molecule has 1 N–H and O–H groups in total. The van der Waals surface area contributed by atoms with E-state index in [1.54, 1.807) is 14.1 Å². The lowest BCUT2D eigenvalue weighted by atomic mass is 9.77. The molecule has 0 spiro atoms. The van der Waals surface area contributed by atoms with Gasteiger partial charge in [0.1, 0.15) is 0 Å². The lowest BCUT2D eigenvalue weighted by Gasteiger charge is -2.36. The smallest absolute Gasteiger partial charge is 0.288 e. The Hall–Kier alpha value is -1.85. The van der Waals surface area contributed by atoms with E-state index in [2.05, 4.69) is 20.8 Å². The van der Waals surface area contributed by atoms with Crippen LogP contribution in [0.15, 0.2) is 36.1 Å². The maximum absolute atomic E-state index is 12.3. The molecule has 0 bridgehead atoms. The number of aliphatic hydroxyl groups excluding tert-OH is 1.